The van der Waals surface area contributed by atoms with Crippen LogP contribution in [0, 0.1) is 11.3 Å². The van der Waals surface area contributed by atoms with Gasteiger partial charge in [-0.05, 0) is 123 Å². The number of nitrogens with zero attached hydrogens (tertiary/aromatic N) is 5. The second-order valence-corrected chi connectivity index (χ2v) is 25.8. The van der Waals surface area contributed by atoms with E-state index in [1.165, 1.54) is 16.7 Å². The zero-order valence-corrected chi connectivity index (χ0v) is 42.5. The minimum Gasteiger partial charge on any atom is -0.497 e. The third kappa shape index (κ3) is 10.5. The van der Waals surface area contributed by atoms with E-state index in [2.05, 4.69) is 119 Å². The summed E-state index contributed by atoms with van der Waals surface area (Å²) in [6, 6.07) is 28.7. The quantitative estimate of drug-likeness (QED) is 0.0376. The van der Waals surface area contributed by atoms with Gasteiger partial charge in [-0.1, -0.05) is 75.4 Å². The summed E-state index contributed by atoms with van der Waals surface area (Å²) in [5.41, 5.74) is 6.24. The molecule has 5 atom stereocenters. The van der Waals surface area contributed by atoms with Crippen molar-refractivity contribution in [3.63, 3.8) is 0 Å². The lowest BCUT2D eigenvalue weighted by molar-refractivity contribution is -0.106. The van der Waals surface area contributed by atoms with E-state index in [-0.39, 0.29) is 36.8 Å². The van der Waals surface area contributed by atoms with Gasteiger partial charge in [0, 0.05) is 29.6 Å². The fraction of sp³-hybridized carbons (Fsp3) is 0.500. The van der Waals surface area contributed by atoms with Crippen LogP contribution in [0.3, 0.4) is 0 Å². The average molecular weight is 940 g/mol. The first-order valence-electron chi connectivity index (χ1n) is 22.6. The van der Waals surface area contributed by atoms with Gasteiger partial charge in [-0.15, -0.1) is 0 Å². The van der Waals surface area contributed by atoms with E-state index in [0.29, 0.717) is 0 Å². The number of ether oxygens (including phenoxy) is 4. The fourth-order valence-electron chi connectivity index (χ4n) is 8.67. The second kappa shape index (κ2) is 21.0. The fourth-order valence-corrected chi connectivity index (χ4v) is 12.4. The first kappa shape index (κ1) is 49.0. The van der Waals surface area contributed by atoms with Crippen LogP contribution >= 0.6 is 20.5 Å². The Hall–Kier alpha value is -3.87. The van der Waals surface area contributed by atoms with Gasteiger partial charge in [-0.25, -0.2) is 14.1 Å². The van der Waals surface area contributed by atoms with E-state index in [0.717, 1.165) is 52.5 Å². The highest BCUT2D eigenvalue weighted by Crippen LogP contribution is 2.52. The number of benzene rings is 3. The van der Waals surface area contributed by atoms with E-state index in [4.69, 9.17) is 37.5 Å². The molecule has 7 rings (SSSR count). The van der Waals surface area contributed by atoms with E-state index < -0.39 is 47.0 Å². The Morgan fingerprint density at radius 3 is 2.08 bits per heavy atom. The van der Waals surface area contributed by atoms with Crippen LogP contribution in [0.15, 0.2) is 111 Å². The van der Waals surface area contributed by atoms with Gasteiger partial charge in [0.25, 0.3) is 8.53 Å². The van der Waals surface area contributed by atoms with Crippen LogP contribution in [0.4, 0.5) is 0 Å². The van der Waals surface area contributed by atoms with Crippen LogP contribution in [0.1, 0.15) is 84.4 Å². The molecule has 0 saturated carbocycles. The van der Waals surface area contributed by atoms with E-state index in [9.17, 15) is 5.26 Å². The minimum atomic E-state index is -2.54. The first-order valence-corrected chi connectivity index (χ1v) is 27.6. The van der Waals surface area contributed by atoms with Gasteiger partial charge < -0.3 is 32.4 Å². The van der Waals surface area contributed by atoms with E-state index in [1.54, 1.807) is 26.2 Å². The Balaban J connectivity index is 1.40. The largest absolute Gasteiger partial charge is 0.497 e. The predicted molar refractivity (Wildman–Crippen MR) is 264 cm³/mol. The zero-order valence-electron chi connectivity index (χ0n) is 39.8. The van der Waals surface area contributed by atoms with Crippen LogP contribution in [-0.2, 0) is 28.5 Å². The Morgan fingerprint density at radius 1 is 0.892 bits per heavy atom. The van der Waals surface area contributed by atoms with Crippen molar-refractivity contribution in [1.82, 2.24) is 9.68 Å². The third-order valence-electron chi connectivity index (χ3n) is 12.9. The number of hydrogen-bond donors (Lipinski definition) is 0. The lowest BCUT2D eigenvalue weighted by Gasteiger charge is -2.43. The Kier molecular flexibility index (Phi) is 15.8. The molecular weight excluding hydrogens is 874 g/mol. The summed E-state index contributed by atoms with van der Waals surface area (Å²) < 4.78 is 54.9. The third-order valence-corrected chi connectivity index (χ3v) is 20.3. The minimum absolute atomic E-state index is 0.0686. The molecule has 3 aromatic rings. The van der Waals surface area contributed by atoms with E-state index in [1.807, 2.05) is 53.7 Å². The van der Waals surface area contributed by atoms with Crippen molar-refractivity contribution >= 4 is 40.7 Å². The number of rotatable bonds is 19. The maximum atomic E-state index is 9.64. The molecule has 0 aromatic heterocycles. The molecule has 0 amide bonds. The maximum absolute atomic E-state index is 9.64. The average Bonchev–Trinajstić information content (AvgIpc) is 3.77. The molecule has 3 heterocycles. The first-order chi connectivity index (χ1) is 31.1. The summed E-state index contributed by atoms with van der Waals surface area (Å²) >= 11 is 1.56. The molecule has 1 fully saturated rings. The molecule has 0 radical (unpaired) electrons. The van der Waals surface area contributed by atoms with Crippen molar-refractivity contribution in [3.8, 4) is 17.6 Å². The molecule has 12 nitrogen and oxygen atoms in total. The van der Waals surface area contributed by atoms with E-state index >= 15 is 0 Å². The van der Waals surface area contributed by atoms with Crippen molar-refractivity contribution < 1.29 is 32.4 Å². The van der Waals surface area contributed by atoms with Crippen LogP contribution in [0.2, 0.25) is 18.1 Å². The van der Waals surface area contributed by atoms with Crippen LogP contribution in [0.5, 0.6) is 11.5 Å². The van der Waals surface area contributed by atoms with Gasteiger partial charge in [0.05, 0.1) is 46.1 Å². The van der Waals surface area contributed by atoms with Gasteiger partial charge in [-0.3, -0.25) is 0 Å². The van der Waals surface area contributed by atoms with Crippen molar-refractivity contribution in [2.45, 2.75) is 128 Å². The van der Waals surface area contributed by atoms with Crippen molar-refractivity contribution in [3.05, 3.63) is 118 Å². The Bertz CT molecular complexity index is 2200. The Morgan fingerprint density at radius 2 is 1.51 bits per heavy atom. The molecular formula is C50H66N5O7PSSi. The number of hydrazone groups is 1. The number of nitriles is 1. The van der Waals surface area contributed by atoms with Crippen molar-refractivity contribution in [2.75, 3.05) is 33.2 Å². The number of allylic oxidation sites excluding steroid dienone is 2. The summed E-state index contributed by atoms with van der Waals surface area (Å²) in [6.45, 7) is 20.1. The standard InChI is InChI=1S/C50H66N5O7PSSi/c1-34(2)55(35(3)4)63(59-29-15-28-51)61-46-44(32-58-50(38-16-13-12-14-17-38,39-20-24-41(56-8)25-21-39)40-22-26-42(57-9)27-23-40)60-48(47(46)62-65(10,11)49(5,6)7)54-31-36-18-19-37-33-64-52-30-43(53-54)45(36)37/h12-14,16-17,20-27,30-31,34-35,44,46-48H,15,18-19,29,32-33H2,1-11H3/t44-,46-,47-,48-,63?/m1/s1. The molecule has 1 aliphatic carbocycles. The molecule has 1 saturated heterocycles. The molecule has 3 aromatic carbocycles. The number of methoxy groups -OCH3 is 2. The molecule has 348 valence electrons. The highest BCUT2D eigenvalue weighted by molar-refractivity contribution is 7.98. The number of hydrogen-bond acceptors (Lipinski definition) is 13. The molecule has 0 N–H and O–H groups in total. The lowest BCUT2D eigenvalue weighted by Crippen LogP contribution is -2.52. The molecule has 65 heavy (non-hydrogen) atoms. The molecule has 15 heteroatoms. The predicted octanol–water partition coefficient (Wildman–Crippen LogP) is 11.2. The van der Waals surface area contributed by atoms with Crippen LogP contribution < -0.4 is 9.47 Å². The van der Waals surface area contributed by atoms with Gasteiger partial charge in [0.2, 0.25) is 0 Å². The summed E-state index contributed by atoms with van der Waals surface area (Å²) in [5.74, 6) is 2.33. The van der Waals surface area contributed by atoms with Gasteiger partial charge >= 0.3 is 0 Å². The second-order valence-electron chi connectivity index (χ2n) is 18.8. The SMILES string of the molecule is COc1ccc(C(OC[C@H]2O[C@@H](N3C=C4CCC5=C4C(=N3)C=NSC5)[C@H](O[Si](C)(C)C(C)(C)C)[C@@H]2OP(OCCC#N)N(C(C)C)C(C)C)(c2ccccc2)c2ccc(OC)cc2)cc1. The summed E-state index contributed by atoms with van der Waals surface area (Å²) in [7, 11) is -0.943. The molecule has 4 aliphatic rings. The molecule has 1 unspecified atom stereocenters. The normalized spacial score (nSPS) is 21.6. The summed E-state index contributed by atoms with van der Waals surface area (Å²) in [6.07, 6.45) is 3.43. The van der Waals surface area contributed by atoms with Crippen LogP contribution in [0.25, 0.3) is 0 Å². The van der Waals surface area contributed by atoms with Crippen LogP contribution in [-0.4, -0.2) is 99.7 Å². The van der Waals surface area contributed by atoms with Gasteiger partial charge in [-0.2, -0.15) is 10.4 Å². The molecule has 0 spiro atoms. The van der Waals surface area contributed by atoms with Crippen molar-refractivity contribution in [1.29, 1.82) is 5.26 Å². The maximum Gasteiger partial charge on any atom is 0.259 e. The monoisotopic (exact) mass is 939 g/mol. The van der Waals surface area contributed by atoms with Crippen molar-refractivity contribution in [2.24, 2.45) is 9.50 Å². The molecule has 0 bridgehead atoms. The summed E-state index contributed by atoms with van der Waals surface area (Å²) in [5, 5.41) is 16.7. The lowest BCUT2D eigenvalue weighted by atomic mass is 9.80. The van der Waals surface area contributed by atoms with Gasteiger partial charge in [0.15, 0.2) is 14.5 Å². The zero-order chi connectivity index (χ0) is 46.5. The molecule has 3 aliphatic heterocycles. The highest BCUT2D eigenvalue weighted by Gasteiger charge is 2.55. The summed E-state index contributed by atoms with van der Waals surface area (Å²) in [4.78, 5) is 0. The highest BCUT2D eigenvalue weighted by atomic mass is 32.2. The van der Waals surface area contributed by atoms with Gasteiger partial charge in [0.1, 0.15) is 41.1 Å². The topological polar surface area (TPSA) is 120 Å². The smallest absolute Gasteiger partial charge is 0.259 e. The Labute approximate surface area is 393 Å².